The third kappa shape index (κ3) is 5.43. The van der Waals surface area contributed by atoms with Crippen LogP contribution in [0, 0.1) is 5.82 Å². The van der Waals surface area contributed by atoms with E-state index in [-0.39, 0.29) is 5.82 Å². The molecule has 1 aliphatic heterocycles. The standard InChI is InChI=1S/C20H27FN4OS/c1-22-20(24(2)8-7-17-4-3-13-27-17)23-15-16-5-6-19(18(21)14-16)25-9-11-26-12-10-25/h3-6,13-14H,7-12,15H2,1-2H3,(H,22,23). The Kier molecular flexibility index (Phi) is 7.06. The maximum absolute atomic E-state index is 14.5. The van der Waals surface area contributed by atoms with E-state index in [0.717, 1.165) is 37.6 Å². The van der Waals surface area contributed by atoms with E-state index in [1.54, 1.807) is 24.5 Å². The number of rotatable bonds is 6. The van der Waals surface area contributed by atoms with Gasteiger partial charge < -0.3 is 19.9 Å². The number of nitrogens with zero attached hydrogens (tertiary/aromatic N) is 3. The van der Waals surface area contributed by atoms with Crippen molar-refractivity contribution < 1.29 is 9.13 Å². The van der Waals surface area contributed by atoms with Gasteiger partial charge in [0.05, 0.1) is 18.9 Å². The van der Waals surface area contributed by atoms with Gasteiger partial charge >= 0.3 is 0 Å². The lowest BCUT2D eigenvalue weighted by Crippen LogP contribution is -2.39. The van der Waals surface area contributed by atoms with Gasteiger partial charge in [0.25, 0.3) is 0 Å². The summed E-state index contributed by atoms with van der Waals surface area (Å²) in [4.78, 5) is 9.83. The first-order valence-electron chi connectivity index (χ1n) is 9.22. The topological polar surface area (TPSA) is 40.1 Å². The number of hydrogen-bond acceptors (Lipinski definition) is 4. The zero-order chi connectivity index (χ0) is 19.1. The number of guanidine groups is 1. The highest BCUT2D eigenvalue weighted by Crippen LogP contribution is 2.21. The van der Waals surface area contributed by atoms with Crippen LogP contribution in [0.1, 0.15) is 10.4 Å². The summed E-state index contributed by atoms with van der Waals surface area (Å²) in [6.45, 7) is 4.18. The highest BCUT2D eigenvalue weighted by atomic mass is 32.1. The van der Waals surface area contributed by atoms with Crippen LogP contribution in [0.15, 0.2) is 40.7 Å². The molecule has 1 N–H and O–H groups in total. The van der Waals surface area contributed by atoms with Crippen molar-refractivity contribution in [3.63, 3.8) is 0 Å². The van der Waals surface area contributed by atoms with Gasteiger partial charge in [0.1, 0.15) is 5.82 Å². The van der Waals surface area contributed by atoms with Crippen molar-refractivity contribution in [1.82, 2.24) is 10.2 Å². The molecule has 0 radical (unpaired) electrons. The smallest absolute Gasteiger partial charge is 0.193 e. The second-order valence-corrected chi connectivity index (χ2v) is 7.57. The summed E-state index contributed by atoms with van der Waals surface area (Å²) < 4.78 is 19.9. The van der Waals surface area contributed by atoms with Crippen LogP contribution in [-0.2, 0) is 17.7 Å². The van der Waals surface area contributed by atoms with Gasteiger partial charge in [-0.05, 0) is 35.6 Å². The Hall–Kier alpha value is -2.12. The SMILES string of the molecule is CN=C(NCc1ccc(N2CCOCC2)c(F)c1)N(C)CCc1cccs1. The Bertz CT molecular complexity index is 744. The molecule has 1 aliphatic rings. The van der Waals surface area contributed by atoms with Crippen LogP contribution in [0.5, 0.6) is 0 Å². The highest BCUT2D eigenvalue weighted by molar-refractivity contribution is 7.09. The largest absolute Gasteiger partial charge is 0.378 e. The van der Waals surface area contributed by atoms with Crippen molar-refractivity contribution in [3.05, 3.63) is 52.0 Å². The summed E-state index contributed by atoms with van der Waals surface area (Å²) in [5.74, 6) is 0.626. The average Bonchev–Trinajstić information content (AvgIpc) is 3.21. The first-order valence-corrected chi connectivity index (χ1v) is 10.1. The minimum Gasteiger partial charge on any atom is -0.378 e. The molecule has 1 aromatic carbocycles. The van der Waals surface area contributed by atoms with E-state index in [0.29, 0.717) is 25.4 Å². The fraction of sp³-hybridized carbons (Fsp3) is 0.450. The Labute approximate surface area is 164 Å². The molecule has 1 saturated heterocycles. The van der Waals surface area contributed by atoms with Crippen molar-refractivity contribution >= 4 is 23.0 Å². The van der Waals surface area contributed by atoms with Gasteiger partial charge in [-0.25, -0.2) is 4.39 Å². The number of thiophene rings is 1. The average molecular weight is 391 g/mol. The first-order chi connectivity index (χ1) is 13.2. The Morgan fingerprint density at radius 2 is 2.15 bits per heavy atom. The quantitative estimate of drug-likeness (QED) is 0.608. The molecule has 2 aromatic rings. The lowest BCUT2D eigenvalue weighted by Gasteiger charge is -2.29. The van der Waals surface area contributed by atoms with Crippen LogP contribution in [0.4, 0.5) is 10.1 Å². The van der Waals surface area contributed by atoms with Crippen molar-refractivity contribution in [2.75, 3.05) is 51.8 Å². The molecule has 7 heteroatoms. The molecule has 3 rings (SSSR count). The normalized spacial score (nSPS) is 15.1. The third-order valence-electron chi connectivity index (χ3n) is 4.66. The number of halogens is 1. The molecule has 0 aliphatic carbocycles. The lowest BCUT2D eigenvalue weighted by molar-refractivity contribution is 0.122. The number of aliphatic imine (C=N–C) groups is 1. The number of nitrogens with one attached hydrogen (secondary N) is 1. The summed E-state index contributed by atoms with van der Waals surface area (Å²) in [5, 5.41) is 5.42. The fourth-order valence-electron chi connectivity index (χ4n) is 3.13. The van der Waals surface area contributed by atoms with Crippen molar-refractivity contribution in [3.8, 4) is 0 Å². The molecule has 0 saturated carbocycles. The van der Waals surface area contributed by atoms with E-state index in [1.807, 2.05) is 24.1 Å². The number of morpholine rings is 1. The molecule has 0 bridgehead atoms. The van der Waals surface area contributed by atoms with Crippen LogP contribution < -0.4 is 10.2 Å². The first kappa shape index (κ1) is 19.6. The van der Waals surface area contributed by atoms with Crippen LogP contribution in [0.3, 0.4) is 0 Å². The van der Waals surface area contributed by atoms with E-state index >= 15 is 0 Å². The van der Waals surface area contributed by atoms with Crippen molar-refractivity contribution in [1.29, 1.82) is 0 Å². The molecular formula is C20H27FN4OS. The molecule has 2 heterocycles. The molecule has 1 fully saturated rings. The molecule has 0 spiro atoms. The Morgan fingerprint density at radius 3 is 2.81 bits per heavy atom. The molecular weight excluding hydrogens is 363 g/mol. The predicted molar refractivity (Wildman–Crippen MR) is 110 cm³/mol. The summed E-state index contributed by atoms with van der Waals surface area (Å²) >= 11 is 1.77. The van der Waals surface area contributed by atoms with Gasteiger partial charge in [-0.2, -0.15) is 0 Å². The van der Waals surface area contributed by atoms with Crippen LogP contribution in [0.25, 0.3) is 0 Å². The van der Waals surface area contributed by atoms with E-state index < -0.39 is 0 Å². The molecule has 1 aromatic heterocycles. The van der Waals surface area contributed by atoms with E-state index in [1.165, 1.54) is 4.88 Å². The maximum atomic E-state index is 14.5. The van der Waals surface area contributed by atoms with Gasteiger partial charge in [0.2, 0.25) is 0 Å². The summed E-state index contributed by atoms with van der Waals surface area (Å²) in [6.07, 6.45) is 0.984. The molecule has 146 valence electrons. The van der Waals surface area contributed by atoms with E-state index in [9.17, 15) is 4.39 Å². The monoisotopic (exact) mass is 390 g/mol. The number of hydrogen-bond donors (Lipinski definition) is 1. The number of benzene rings is 1. The Morgan fingerprint density at radius 1 is 1.33 bits per heavy atom. The van der Waals surface area contributed by atoms with E-state index in [4.69, 9.17) is 4.74 Å². The molecule has 0 amide bonds. The van der Waals surface area contributed by atoms with Crippen LogP contribution in [0.2, 0.25) is 0 Å². The second-order valence-electron chi connectivity index (χ2n) is 6.54. The van der Waals surface area contributed by atoms with Gasteiger partial charge in [-0.15, -0.1) is 11.3 Å². The molecule has 5 nitrogen and oxygen atoms in total. The van der Waals surface area contributed by atoms with E-state index in [2.05, 4.69) is 32.7 Å². The minimum atomic E-state index is -0.183. The fourth-order valence-corrected chi connectivity index (χ4v) is 3.82. The lowest BCUT2D eigenvalue weighted by atomic mass is 10.1. The second kappa shape index (κ2) is 9.71. The van der Waals surface area contributed by atoms with Crippen LogP contribution >= 0.6 is 11.3 Å². The van der Waals surface area contributed by atoms with Crippen LogP contribution in [-0.4, -0.2) is 57.8 Å². The van der Waals surface area contributed by atoms with Gasteiger partial charge in [0, 0.05) is 45.2 Å². The molecule has 0 atom stereocenters. The zero-order valence-corrected chi connectivity index (χ0v) is 16.8. The minimum absolute atomic E-state index is 0.183. The van der Waals surface area contributed by atoms with Crippen molar-refractivity contribution in [2.24, 2.45) is 4.99 Å². The third-order valence-corrected chi connectivity index (χ3v) is 5.60. The summed E-state index contributed by atoms with van der Waals surface area (Å²) in [7, 11) is 3.79. The van der Waals surface area contributed by atoms with Gasteiger partial charge in [-0.1, -0.05) is 12.1 Å². The number of anilines is 1. The van der Waals surface area contributed by atoms with Gasteiger partial charge in [0.15, 0.2) is 5.96 Å². The zero-order valence-electron chi connectivity index (χ0n) is 15.9. The molecule has 27 heavy (non-hydrogen) atoms. The highest BCUT2D eigenvalue weighted by Gasteiger charge is 2.15. The van der Waals surface area contributed by atoms with Crippen molar-refractivity contribution in [2.45, 2.75) is 13.0 Å². The maximum Gasteiger partial charge on any atom is 0.193 e. The Balaban J connectivity index is 1.53. The number of likely N-dealkylation sites (N-methyl/N-ethyl adjacent to an activating group) is 1. The molecule has 0 unspecified atom stereocenters. The van der Waals surface area contributed by atoms with Gasteiger partial charge in [-0.3, -0.25) is 4.99 Å². The number of ether oxygens (including phenoxy) is 1. The summed E-state index contributed by atoms with van der Waals surface area (Å²) in [6, 6.07) is 9.66. The predicted octanol–water partition coefficient (Wildman–Crippen LogP) is 2.97. The summed E-state index contributed by atoms with van der Waals surface area (Å²) in [5.41, 5.74) is 1.55.